The molecule has 1 saturated carbocycles. The first-order chi connectivity index (χ1) is 7.99. The molecule has 4 unspecified atom stereocenters. The van der Waals surface area contributed by atoms with Crippen LogP contribution in [-0.2, 0) is 9.59 Å². The molecule has 0 bridgehead atoms. The highest BCUT2D eigenvalue weighted by molar-refractivity contribution is 5.85. The summed E-state index contributed by atoms with van der Waals surface area (Å²) in [6.45, 7) is 5.78. The lowest BCUT2D eigenvalue weighted by Gasteiger charge is -2.22. The summed E-state index contributed by atoms with van der Waals surface area (Å²) < 4.78 is 0. The highest BCUT2D eigenvalue weighted by atomic mass is 16.4. The van der Waals surface area contributed by atoms with Crippen molar-refractivity contribution >= 4 is 11.9 Å². The van der Waals surface area contributed by atoms with E-state index in [0.717, 1.165) is 25.9 Å². The van der Waals surface area contributed by atoms with Gasteiger partial charge in [0.15, 0.2) is 0 Å². The molecule has 0 radical (unpaired) electrons. The van der Waals surface area contributed by atoms with Gasteiger partial charge in [-0.25, -0.2) is 0 Å². The third kappa shape index (κ3) is 2.45. The number of rotatable bonds is 2. The molecule has 1 aliphatic heterocycles. The Morgan fingerprint density at radius 1 is 1.12 bits per heavy atom. The lowest BCUT2D eigenvalue weighted by Crippen LogP contribution is -2.37. The number of likely N-dealkylation sites (tertiary alicyclic amines) is 1. The molecule has 2 fully saturated rings. The van der Waals surface area contributed by atoms with Gasteiger partial charge < -0.3 is 10.0 Å². The molecule has 17 heavy (non-hydrogen) atoms. The van der Waals surface area contributed by atoms with Crippen LogP contribution in [0.5, 0.6) is 0 Å². The number of amides is 1. The Kier molecular flexibility index (Phi) is 3.40. The molecule has 0 aromatic heterocycles. The van der Waals surface area contributed by atoms with Gasteiger partial charge in [-0.1, -0.05) is 13.8 Å². The molecule has 2 rings (SSSR count). The topological polar surface area (TPSA) is 57.6 Å². The zero-order valence-electron chi connectivity index (χ0n) is 10.6. The largest absolute Gasteiger partial charge is 0.481 e. The first kappa shape index (κ1) is 12.4. The smallest absolute Gasteiger partial charge is 0.307 e. The van der Waals surface area contributed by atoms with Crippen molar-refractivity contribution in [1.82, 2.24) is 4.90 Å². The quantitative estimate of drug-likeness (QED) is 0.796. The standard InChI is InChI=1S/C13H21NO3/c1-8-3-4-14(7-8)12(15)10-5-9(2)6-11(10)13(16)17/h8-11H,3-7H2,1-2H3,(H,16,17). The minimum atomic E-state index is -0.806. The Labute approximate surface area is 102 Å². The number of aliphatic carboxylic acids is 1. The van der Waals surface area contributed by atoms with Crippen LogP contribution in [0.3, 0.4) is 0 Å². The van der Waals surface area contributed by atoms with Gasteiger partial charge in [0.25, 0.3) is 0 Å². The van der Waals surface area contributed by atoms with Gasteiger partial charge in [-0.3, -0.25) is 9.59 Å². The first-order valence-corrected chi connectivity index (χ1v) is 6.50. The van der Waals surface area contributed by atoms with Gasteiger partial charge in [-0.2, -0.15) is 0 Å². The van der Waals surface area contributed by atoms with E-state index in [1.54, 1.807) is 0 Å². The first-order valence-electron chi connectivity index (χ1n) is 6.50. The predicted molar refractivity (Wildman–Crippen MR) is 63.4 cm³/mol. The molecule has 0 spiro atoms. The summed E-state index contributed by atoms with van der Waals surface area (Å²) in [6, 6.07) is 0. The summed E-state index contributed by atoms with van der Waals surface area (Å²) >= 11 is 0. The van der Waals surface area contributed by atoms with Crippen LogP contribution in [0.15, 0.2) is 0 Å². The summed E-state index contributed by atoms with van der Waals surface area (Å²) in [5.74, 6) is -0.571. The van der Waals surface area contributed by atoms with Crippen LogP contribution in [0.1, 0.15) is 33.1 Å². The second-order valence-corrected chi connectivity index (χ2v) is 5.81. The fraction of sp³-hybridized carbons (Fsp3) is 0.846. The summed E-state index contributed by atoms with van der Waals surface area (Å²) in [5.41, 5.74) is 0. The minimum absolute atomic E-state index is 0.0751. The van der Waals surface area contributed by atoms with Gasteiger partial charge in [-0.05, 0) is 31.1 Å². The van der Waals surface area contributed by atoms with Crippen molar-refractivity contribution in [2.75, 3.05) is 13.1 Å². The Morgan fingerprint density at radius 2 is 1.76 bits per heavy atom. The average Bonchev–Trinajstić information content (AvgIpc) is 2.83. The van der Waals surface area contributed by atoms with Crippen LogP contribution >= 0.6 is 0 Å². The molecular weight excluding hydrogens is 218 g/mol. The van der Waals surface area contributed by atoms with Gasteiger partial charge in [0, 0.05) is 13.1 Å². The van der Waals surface area contributed by atoms with Crippen LogP contribution in [-0.4, -0.2) is 35.0 Å². The second-order valence-electron chi connectivity index (χ2n) is 5.81. The van der Waals surface area contributed by atoms with E-state index in [1.165, 1.54) is 0 Å². The molecular formula is C13H21NO3. The average molecular weight is 239 g/mol. The highest BCUT2D eigenvalue weighted by Crippen LogP contribution is 2.38. The number of hydrogen-bond acceptors (Lipinski definition) is 2. The van der Waals surface area contributed by atoms with Crippen molar-refractivity contribution < 1.29 is 14.7 Å². The van der Waals surface area contributed by atoms with Gasteiger partial charge in [0.1, 0.15) is 0 Å². The highest BCUT2D eigenvalue weighted by Gasteiger charge is 2.43. The molecule has 1 amide bonds. The van der Waals surface area contributed by atoms with E-state index in [9.17, 15) is 14.7 Å². The zero-order valence-corrected chi connectivity index (χ0v) is 10.6. The third-order valence-corrected chi connectivity index (χ3v) is 4.17. The van der Waals surface area contributed by atoms with E-state index in [1.807, 2.05) is 11.8 Å². The van der Waals surface area contributed by atoms with E-state index in [-0.39, 0.29) is 11.8 Å². The Balaban J connectivity index is 2.05. The van der Waals surface area contributed by atoms with Crippen LogP contribution in [0.4, 0.5) is 0 Å². The molecule has 4 atom stereocenters. The normalized spacial score (nSPS) is 37.4. The lowest BCUT2D eigenvalue weighted by atomic mass is 9.95. The van der Waals surface area contributed by atoms with Crippen molar-refractivity contribution in [3.05, 3.63) is 0 Å². The Bertz CT molecular complexity index is 329. The molecule has 0 aromatic rings. The van der Waals surface area contributed by atoms with Crippen LogP contribution in [0.2, 0.25) is 0 Å². The molecule has 2 aliphatic rings. The van der Waals surface area contributed by atoms with Gasteiger partial charge in [-0.15, -0.1) is 0 Å². The van der Waals surface area contributed by atoms with Crippen molar-refractivity contribution in [3.8, 4) is 0 Å². The van der Waals surface area contributed by atoms with Crippen LogP contribution in [0.25, 0.3) is 0 Å². The summed E-state index contributed by atoms with van der Waals surface area (Å²) in [4.78, 5) is 25.4. The monoisotopic (exact) mass is 239 g/mol. The van der Waals surface area contributed by atoms with E-state index < -0.39 is 11.9 Å². The van der Waals surface area contributed by atoms with Crippen LogP contribution in [0, 0.1) is 23.7 Å². The maximum atomic E-state index is 12.3. The second kappa shape index (κ2) is 4.67. The molecule has 1 N–H and O–H groups in total. The number of nitrogens with zero attached hydrogens (tertiary/aromatic N) is 1. The molecule has 4 nitrogen and oxygen atoms in total. The van der Waals surface area contributed by atoms with Crippen LogP contribution < -0.4 is 0 Å². The maximum absolute atomic E-state index is 12.3. The van der Waals surface area contributed by atoms with Crippen molar-refractivity contribution in [3.63, 3.8) is 0 Å². The van der Waals surface area contributed by atoms with Crippen molar-refractivity contribution in [1.29, 1.82) is 0 Å². The summed E-state index contributed by atoms with van der Waals surface area (Å²) in [6.07, 6.45) is 2.43. The van der Waals surface area contributed by atoms with Gasteiger partial charge >= 0.3 is 5.97 Å². The third-order valence-electron chi connectivity index (χ3n) is 4.17. The molecule has 0 aromatic carbocycles. The summed E-state index contributed by atoms with van der Waals surface area (Å²) in [5, 5.41) is 9.17. The van der Waals surface area contributed by atoms with E-state index in [2.05, 4.69) is 6.92 Å². The van der Waals surface area contributed by atoms with E-state index in [4.69, 9.17) is 0 Å². The Morgan fingerprint density at radius 3 is 2.29 bits per heavy atom. The summed E-state index contributed by atoms with van der Waals surface area (Å²) in [7, 11) is 0. The minimum Gasteiger partial charge on any atom is -0.481 e. The number of carbonyl (C=O) groups excluding carboxylic acids is 1. The maximum Gasteiger partial charge on any atom is 0.307 e. The molecule has 1 saturated heterocycles. The van der Waals surface area contributed by atoms with Crippen molar-refractivity contribution in [2.24, 2.45) is 23.7 Å². The molecule has 96 valence electrons. The fourth-order valence-corrected chi connectivity index (χ4v) is 3.21. The predicted octanol–water partition coefficient (Wildman–Crippen LogP) is 1.60. The SMILES string of the molecule is CC1CC(C(=O)O)C(C(=O)N2CCC(C)C2)C1. The number of carboxylic acid groups (broad SMARTS) is 1. The van der Waals surface area contributed by atoms with E-state index >= 15 is 0 Å². The van der Waals surface area contributed by atoms with Gasteiger partial charge in [0.2, 0.25) is 5.91 Å². The Hall–Kier alpha value is -1.06. The lowest BCUT2D eigenvalue weighted by molar-refractivity contribution is -0.148. The number of hydrogen-bond donors (Lipinski definition) is 1. The zero-order chi connectivity index (χ0) is 12.6. The van der Waals surface area contributed by atoms with Crippen molar-refractivity contribution in [2.45, 2.75) is 33.1 Å². The number of carboxylic acids is 1. The molecule has 4 heteroatoms. The van der Waals surface area contributed by atoms with Gasteiger partial charge in [0.05, 0.1) is 11.8 Å². The number of carbonyl (C=O) groups is 2. The molecule has 1 aliphatic carbocycles. The van der Waals surface area contributed by atoms with E-state index in [0.29, 0.717) is 18.3 Å². The fourth-order valence-electron chi connectivity index (χ4n) is 3.21. The molecule has 1 heterocycles.